The Morgan fingerprint density at radius 2 is 2.11 bits per heavy atom. The lowest BCUT2D eigenvalue weighted by Crippen LogP contribution is -2.09. The number of benzene rings is 1. The van der Waals surface area contributed by atoms with Crippen molar-refractivity contribution in [2.75, 3.05) is 12.3 Å². The zero-order valence-corrected chi connectivity index (χ0v) is 11.0. The summed E-state index contributed by atoms with van der Waals surface area (Å²) >= 11 is 11.9. The number of hydrogen-bond donors (Lipinski definition) is 2. The lowest BCUT2D eigenvalue weighted by atomic mass is 10.1. The van der Waals surface area contributed by atoms with E-state index in [0.29, 0.717) is 28.8 Å². The summed E-state index contributed by atoms with van der Waals surface area (Å²) in [5.74, 6) is 0.842. The number of hydrogen-bond acceptors (Lipinski definition) is 4. The molecule has 5 nitrogen and oxygen atoms in total. The Morgan fingerprint density at radius 3 is 2.78 bits per heavy atom. The lowest BCUT2D eigenvalue weighted by Gasteiger charge is -2.06. The van der Waals surface area contributed by atoms with Crippen molar-refractivity contribution in [2.24, 2.45) is 0 Å². The maximum Gasteiger partial charge on any atom is 0.239 e. The zero-order valence-electron chi connectivity index (χ0n) is 9.48. The van der Waals surface area contributed by atoms with Crippen molar-refractivity contribution in [1.29, 1.82) is 0 Å². The summed E-state index contributed by atoms with van der Waals surface area (Å²) in [6.45, 7) is 0.328. The molecule has 2 rings (SSSR count). The first-order valence-corrected chi connectivity index (χ1v) is 6.09. The normalized spacial score (nSPS) is 10.8. The van der Waals surface area contributed by atoms with Crippen LogP contribution < -0.4 is 5.73 Å². The van der Waals surface area contributed by atoms with E-state index in [-0.39, 0.29) is 12.6 Å². The number of aliphatic hydroxyl groups excluding tert-OH is 1. The number of rotatable bonds is 4. The number of aromatic nitrogens is 3. The van der Waals surface area contributed by atoms with Crippen LogP contribution in [0.5, 0.6) is 0 Å². The van der Waals surface area contributed by atoms with Crippen molar-refractivity contribution in [3.05, 3.63) is 39.6 Å². The van der Waals surface area contributed by atoms with Crippen LogP contribution in [-0.2, 0) is 13.0 Å². The Labute approximate surface area is 114 Å². The maximum absolute atomic E-state index is 8.94. The van der Waals surface area contributed by atoms with Crippen molar-refractivity contribution in [1.82, 2.24) is 14.8 Å². The van der Waals surface area contributed by atoms with Crippen molar-refractivity contribution in [3.63, 3.8) is 0 Å². The first kappa shape index (κ1) is 13.1. The molecule has 3 N–H and O–H groups in total. The fraction of sp³-hybridized carbons (Fsp3) is 0.273. The predicted molar refractivity (Wildman–Crippen MR) is 70.8 cm³/mol. The molecule has 1 aromatic carbocycles. The molecule has 0 radical (unpaired) electrons. The van der Waals surface area contributed by atoms with E-state index < -0.39 is 0 Å². The molecule has 0 aliphatic carbocycles. The molecule has 96 valence electrons. The number of halogens is 2. The van der Waals surface area contributed by atoms with Crippen molar-refractivity contribution in [2.45, 2.75) is 13.0 Å². The number of nitrogens with zero attached hydrogens (tertiary/aromatic N) is 3. The highest BCUT2D eigenvalue weighted by Gasteiger charge is 2.10. The molecular formula is C11H12Cl2N4O. The second-order valence-electron chi connectivity index (χ2n) is 3.75. The fourth-order valence-electron chi connectivity index (χ4n) is 1.63. The molecule has 1 heterocycles. The number of anilines is 1. The van der Waals surface area contributed by atoms with E-state index >= 15 is 0 Å². The average Bonchev–Trinajstić information content (AvgIpc) is 2.64. The summed E-state index contributed by atoms with van der Waals surface area (Å²) in [4.78, 5) is 4.11. The first-order valence-electron chi connectivity index (χ1n) is 5.34. The number of nitrogens with two attached hydrogens (primary N) is 1. The van der Waals surface area contributed by atoms with E-state index in [2.05, 4.69) is 10.1 Å². The smallest absolute Gasteiger partial charge is 0.239 e. The summed E-state index contributed by atoms with van der Waals surface area (Å²) in [5.41, 5.74) is 6.43. The van der Waals surface area contributed by atoms with Crippen molar-refractivity contribution >= 4 is 29.2 Å². The van der Waals surface area contributed by atoms with Crippen LogP contribution in [0.2, 0.25) is 10.0 Å². The van der Waals surface area contributed by atoms with Gasteiger partial charge in [0, 0.05) is 16.5 Å². The van der Waals surface area contributed by atoms with Gasteiger partial charge in [-0.3, -0.25) is 0 Å². The van der Waals surface area contributed by atoms with Crippen LogP contribution in [-0.4, -0.2) is 26.5 Å². The summed E-state index contributed by atoms with van der Waals surface area (Å²) in [5, 5.41) is 14.1. The standard InChI is InChI=1S/C11H12Cl2N4O/c12-8-2-1-7(9(13)6-8)5-10-15-11(14)16-17(10)3-4-18/h1-2,6,18H,3-5H2,(H2,14,16). The minimum absolute atomic E-state index is 0.0237. The van der Waals surface area contributed by atoms with Gasteiger partial charge in [-0.25, -0.2) is 4.68 Å². The van der Waals surface area contributed by atoms with E-state index in [1.807, 2.05) is 6.07 Å². The van der Waals surface area contributed by atoms with Crippen LogP contribution >= 0.6 is 23.2 Å². The van der Waals surface area contributed by atoms with E-state index in [0.717, 1.165) is 5.56 Å². The second kappa shape index (κ2) is 5.56. The van der Waals surface area contributed by atoms with E-state index in [4.69, 9.17) is 34.0 Å². The third kappa shape index (κ3) is 2.93. The van der Waals surface area contributed by atoms with Gasteiger partial charge in [-0.1, -0.05) is 29.3 Å². The highest BCUT2D eigenvalue weighted by molar-refractivity contribution is 6.35. The molecule has 0 fully saturated rings. The molecule has 0 unspecified atom stereocenters. The Balaban J connectivity index is 2.27. The Hall–Kier alpha value is -1.30. The second-order valence-corrected chi connectivity index (χ2v) is 4.59. The highest BCUT2D eigenvalue weighted by Crippen LogP contribution is 2.23. The predicted octanol–water partition coefficient (Wildman–Crippen LogP) is 1.75. The molecule has 0 aliphatic rings. The van der Waals surface area contributed by atoms with Gasteiger partial charge in [-0.05, 0) is 17.7 Å². The number of aliphatic hydroxyl groups is 1. The van der Waals surface area contributed by atoms with Gasteiger partial charge < -0.3 is 10.8 Å². The third-order valence-corrected chi connectivity index (χ3v) is 3.03. The minimum Gasteiger partial charge on any atom is -0.394 e. The molecule has 0 bridgehead atoms. The molecule has 0 saturated heterocycles. The highest BCUT2D eigenvalue weighted by atomic mass is 35.5. The van der Waals surface area contributed by atoms with Gasteiger partial charge in [-0.2, -0.15) is 4.98 Å². The number of nitrogen functional groups attached to an aromatic ring is 1. The molecular weight excluding hydrogens is 275 g/mol. The summed E-state index contributed by atoms with van der Waals surface area (Å²) in [6, 6.07) is 5.27. The Kier molecular flexibility index (Phi) is 4.06. The summed E-state index contributed by atoms with van der Waals surface area (Å²) in [6.07, 6.45) is 0.486. The van der Waals surface area contributed by atoms with Crippen LogP contribution in [0.15, 0.2) is 18.2 Å². The lowest BCUT2D eigenvalue weighted by molar-refractivity contribution is 0.267. The summed E-state index contributed by atoms with van der Waals surface area (Å²) in [7, 11) is 0. The van der Waals surface area contributed by atoms with E-state index in [1.165, 1.54) is 0 Å². The van der Waals surface area contributed by atoms with Gasteiger partial charge in [-0.15, -0.1) is 5.10 Å². The molecule has 0 amide bonds. The van der Waals surface area contributed by atoms with Gasteiger partial charge in [0.25, 0.3) is 0 Å². The van der Waals surface area contributed by atoms with Gasteiger partial charge >= 0.3 is 0 Å². The molecule has 0 spiro atoms. The van der Waals surface area contributed by atoms with Crippen molar-refractivity contribution in [3.8, 4) is 0 Å². The Morgan fingerprint density at radius 1 is 1.33 bits per heavy atom. The quantitative estimate of drug-likeness (QED) is 0.898. The van der Waals surface area contributed by atoms with Gasteiger partial charge in [0.15, 0.2) is 0 Å². The first-order chi connectivity index (χ1) is 8.60. The Bertz CT molecular complexity index is 556. The van der Waals surface area contributed by atoms with Crippen LogP contribution in [0.1, 0.15) is 11.4 Å². The fourth-order valence-corrected chi connectivity index (χ4v) is 2.11. The molecule has 0 saturated carbocycles. The van der Waals surface area contributed by atoms with Crippen molar-refractivity contribution < 1.29 is 5.11 Å². The monoisotopic (exact) mass is 286 g/mol. The molecule has 18 heavy (non-hydrogen) atoms. The van der Waals surface area contributed by atoms with Gasteiger partial charge in [0.1, 0.15) is 5.82 Å². The average molecular weight is 287 g/mol. The summed E-state index contributed by atoms with van der Waals surface area (Å²) < 4.78 is 1.57. The molecule has 2 aromatic rings. The largest absolute Gasteiger partial charge is 0.394 e. The topological polar surface area (TPSA) is 77.0 Å². The van der Waals surface area contributed by atoms with Gasteiger partial charge in [0.05, 0.1) is 13.2 Å². The molecule has 1 aromatic heterocycles. The molecule has 7 heteroatoms. The van der Waals surface area contributed by atoms with Crippen LogP contribution in [0.25, 0.3) is 0 Å². The van der Waals surface area contributed by atoms with E-state index in [1.54, 1.807) is 16.8 Å². The molecule has 0 atom stereocenters. The SMILES string of the molecule is Nc1nc(Cc2ccc(Cl)cc2Cl)n(CCO)n1. The third-order valence-electron chi connectivity index (χ3n) is 2.44. The minimum atomic E-state index is -0.0237. The molecule has 0 aliphatic heterocycles. The van der Waals surface area contributed by atoms with Crippen LogP contribution in [0.4, 0.5) is 5.95 Å². The van der Waals surface area contributed by atoms with Gasteiger partial charge in [0.2, 0.25) is 5.95 Å². The van der Waals surface area contributed by atoms with Crippen LogP contribution in [0.3, 0.4) is 0 Å². The van der Waals surface area contributed by atoms with E-state index in [9.17, 15) is 0 Å². The van der Waals surface area contributed by atoms with Crippen LogP contribution in [0, 0.1) is 0 Å². The zero-order chi connectivity index (χ0) is 13.1. The maximum atomic E-state index is 8.94.